The summed E-state index contributed by atoms with van der Waals surface area (Å²) in [6.07, 6.45) is 1.25. The first-order valence-electron chi connectivity index (χ1n) is 9.65. The summed E-state index contributed by atoms with van der Waals surface area (Å²) in [4.78, 5) is 27.0. The summed E-state index contributed by atoms with van der Waals surface area (Å²) in [6.45, 7) is 3.59. The molecule has 1 N–H and O–H groups in total. The molecule has 0 spiro atoms. The van der Waals surface area contributed by atoms with Crippen LogP contribution in [0.5, 0.6) is 5.75 Å². The lowest BCUT2D eigenvalue weighted by molar-refractivity contribution is -0.124. The average molecular weight is 380 g/mol. The molecule has 2 aromatic carbocycles. The molecule has 6 heteroatoms. The predicted octanol–water partition coefficient (Wildman–Crippen LogP) is 3.02. The molecular weight excluding hydrogens is 356 g/mol. The van der Waals surface area contributed by atoms with Crippen LogP contribution in [0.15, 0.2) is 48.5 Å². The minimum absolute atomic E-state index is 0.00839. The smallest absolute Gasteiger partial charge is 0.254 e. The first kappa shape index (κ1) is 18.5. The van der Waals surface area contributed by atoms with Crippen molar-refractivity contribution in [2.24, 2.45) is 0 Å². The fourth-order valence-electron chi connectivity index (χ4n) is 3.54. The minimum atomic E-state index is -0.398. The van der Waals surface area contributed by atoms with Gasteiger partial charge in [0.2, 0.25) is 0 Å². The number of carbonyl (C=O) groups is 2. The molecule has 4 rings (SSSR count). The third kappa shape index (κ3) is 3.87. The van der Waals surface area contributed by atoms with Crippen LogP contribution in [0.2, 0.25) is 0 Å². The van der Waals surface area contributed by atoms with Crippen LogP contribution >= 0.6 is 0 Å². The molecule has 2 amide bonds. The Kier molecular flexibility index (Phi) is 5.30. The van der Waals surface area contributed by atoms with Crippen molar-refractivity contribution >= 4 is 17.5 Å². The van der Waals surface area contributed by atoms with Crippen LogP contribution in [0.1, 0.15) is 28.8 Å². The van der Waals surface area contributed by atoms with Gasteiger partial charge in [-0.25, -0.2) is 0 Å². The molecule has 28 heavy (non-hydrogen) atoms. The zero-order valence-electron chi connectivity index (χ0n) is 15.9. The Bertz CT molecular complexity index is 856. The second-order valence-corrected chi connectivity index (χ2v) is 7.23. The maximum absolute atomic E-state index is 12.9. The van der Waals surface area contributed by atoms with Gasteiger partial charge in [0.05, 0.1) is 13.1 Å². The van der Waals surface area contributed by atoms with Crippen LogP contribution in [0.25, 0.3) is 0 Å². The van der Waals surface area contributed by atoms with E-state index in [0.29, 0.717) is 30.9 Å². The molecule has 2 aromatic rings. The molecule has 2 saturated heterocycles. The number of nitrogens with zero attached hydrogens (tertiary/aromatic N) is 1. The molecule has 2 aliphatic rings. The van der Waals surface area contributed by atoms with Gasteiger partial charge >= 0.3 is 0 Å². The number of para-hydroxylation sites is 1. The molecule has 0 radical (unpaired) electrons. The zero-order valence-corrected chi connectivity index (χ0v) is 15.9. The number of nitrogens with one attached hydrogen (secondary N) is 1. The van der Waals surface area contributed by atoms with E-state index in [9.17, 15) is 9.59 Å². The van der Waals surface area contributed by atoms with Crippen LogP contribution in [-0.4, -0.2) is 48.6 Å². The van der Waals surface area contributed by atoms with Gasteiger partial charge in [-0.3, -0.25) is 9.59 Å². The number of ether oxygens (including phenoxy) is 2. The SMILES string of the molecule is Cc1c(NC(=O)C2CCCO2)cccc1C(=O)N1CC(Oc2ccccc2)C1. The molecule has 2 heterocycles. The van der Waals surface area contributed by atoms with Gasteiger partial charge in [0.1, 0.15) is 18.0 Å². The van der Waals surface area contributed by atoms with Gasteiger partial charge in [0.15, 0.2) is 0 Å². The van der Waals surface area contributed by atoms with Gasteiger partial charge in [0, 0.05) is 17.9 Å². The summed E-state index contributed by atoms with van der Waals surface area (Å²) >= 11 is 0. The summed E-state index contributed by atoms with van der Waals surface area (Å²) < 4.78 is 11.3. The maximum Gasteiger partial charge on any atom is 0.254 e. The monoisotopic (exact) mass is 380 g/mol. The van der Waals surface area contributed by atoms with Crippen LogP contribution in [0.4, 0.5) is 5.69 Å². The zero-order chi connectivity index (χ0) is 19.5. The van der Waals surface area contributed by atoms with Gasteiger partial charge in [-0.15, -0.1) is 0 Å². The van der Waals surface area contributed by atoms with Crippen molar-refractivity contribution in [2.75, 3.05) is 25.0 Å². The van der Waals surface area contributed by atoms with Crippen molar-refractivity contribution in [3.8, 4) is 5.75 Å². The summed E-state index contributed by atoms with van der Waals surface area (Å²) in [5, 5.41) is 2.90. The number of hydrogen-bond donors (Lipinski definition) is 1. The molecule has 1 atom stereocenters. The molecular formula is C22H24N2O4. The van der Waals surface area contributed by atoms with Crippen molar-refractivity contribution in [1.82, 2.24) is 4.90 Å². The fraction of sp³-hybridized carbons (Fsp3) is 0.364. The molecule has 2 fully saturated rings. The second kappa shape index (κ2) is 8.02. The Hall–Kier alpha value is -2.86. The second-order valence-electron chi connectivity index (χ2n) is 7.23. The lowest BCUT2D eigenvalue weighted by atomic mass is 10.0. The predicted molar refractivity (Wildman–Crippen MR) is 106 cm³/mol. The number of amides is 2. The van der Waals surface area contributed by atoms with Crippen LogP contribution in [0.3, 0.4) is 0 Å². The molecule has 6 nitrogen and oxygen atoms in total. The summed E-state index contributed by atoms with van der Waals surface area (Å²) in [7, 11) is 0. The van der Waals surface area contributed by atoms with Gasteiger partial charge in [-0.1, -0.05) is 24.3 Å². The molecule has 2 aliphatic heterocycles. The Morgan fingerprint density at radius 2 is 1.89 bits per heavy atom. The summed E-state index contributed by atoms with van der Waals surface area (Å²) in [5.41, 5.74) is 2.03. The van der Waals surface area contributed by atoms with E-state index >= 15 is 0 Å². The molecule has 0 aliphatic carbocycles. The first-order chi connectivity index (χ1) is 13.6. The van der Waals surface area contributed by atoms with E-state index < -0.39 is 6.10 Å². The Balaban J connectivity index is 1.38. The lowest BCUT2D eigenvalue weighted by Crippen LogP contribution is -2.56. The lowest BCUT2D eigenvalue weighted by Gasteiger charge is -2.39. The summed E-state index contributed by atoms with van der Waals surface area (Å²) in [5.74, 6) is 0.624. The number of carbonyl (C=O) groups excluding carboxylic acids is 2. The number of benzene rings is 2. The minimum Gasteiger partial charge on any atom is -0.487 e. The normalized spacial score (nSPS) is 19.2. The van der Waals surface area contributed by atoms with E-state index in [1.165, 1.54) is 0 Å². The molecule has 0 bridgehead atoms. The third-order valence-corrected chi connectivity index (χ3v) is 5.23. The van der Waals surface area contributed by atoms with Crippen molar-refractivity contribution < 1.29 is 19.1 Å². The largest absolute Gasteiger partial charge is 0.487 e. The highest BCUT2D eigenvalue weighted by Crippen LogP contribution is 2.25. The highest BCUT2D eigenvalue weighted by atomic mass is 16.5. The highest BCUT2D eigenvalue weighted by molar-refractivity contribution is 6.00. The standard InChI is InChI=1S/C22H24N2O4/c1-15-18(9-5-10-19(15)23-21(25)20-11-6-12-27-20)22(26)24-13-17(14-24)28-16-7-3-2-4-8-16/h2-5,7-10,17,20H,6,11-14H2,1H3,(H,23,25). The van der Waals surface area contributed by atoms with Gasteiger partial charge in [-0.05, 0) is 49.6 Å². The topological polar surface area (TPSA) is 67.9 Å². The maximum atomic E-state index is 12.9. The van der Waals surface area contributed by atoms with Crippen molar-refractivity contribution in [3.63, 3.8) is 0 Å². The Morgan fingerprint density at radius 1 is 1.11 bits per heavy atom. The van der Waals surface area contributed by atoms with E-state index in [4.69, 9.17) is 9.47 Å². The van der Waals surface area contributed by atoms with E-state index in [1.54, 1.807) is 17.0 Å². The van der Waals surface area contributed by atoms with Crippen molar-refractivity contribution in [1.29, 1.82) is 0 Å². The van der Waals surface area contributed by atoms with Crippen LogP contribution in [-0.2, 0) is 9.53 Å². The van der Waals surface area contributed by atoms with Crippen molar-refractivity contribution in [2.45, 2.75) is 32.0 Å². The molecule has 146 valence electrons. The first-order valence-corrected chi connectivity index (χ1v) is 9.65. The van der Waals surface area contributed by atoms with Gasteiger partial charge in [-0.2, -0.15) is 0 Å². The van der Waals surface area contributed by atoms with E-state index in [1.807, 2.05) is 43.3 Å². The van der Waals surface area contributed by atoms with Gasteiger partial charge < -0.3 is 19.7 Å². The number of rotatable bonds is 5. The van der Waals surface area contributed by atoms with Crippen molar-refractivity contribution in [3.05, 3.63) is 59.7 Å². The molecule has 1 unspecified atom stereocenters. The highest BCUT2D eigenvalue weighted by Gasteiger charge is 2.33. The summed E-state index contributed by atoms with van der Waals surface area (Å²) in [6, 6.07) is 15.0. The molecule has 0 saturated carbocycles. The van der Waals surface area contributed by atoms with E-state index in [-0.39, 0.29) is 17.9 Å². The fourth-order valence-corrected chi connectivity index (χ4v) is 3.54. The third-order valence-electron chi connectivity index (χ3n) is 5.23. The number of anilines is 1. The van der Waals surface area contributed by atoms with Crippen LogP contribution < -0.4 is 10.1 Å². The quantitative estimate of drug-likeness (QED) is 0.866. The van der Waals surface area contributed by atoms with Crippen LogP contribution in [0, 0.1) is 6.92 Å². The number of hydrogen-bond acceptors (Lipinski definition) is 4. The van der Waals surface area contributed by atoms with E-state index in [0.717, 1.165) is 24.2 Å². The Labute approximate surface area is 164 Å². The number of likely N-dealkylation sites (tertiary alicyclic amines) is 1. The molecule has 0 aromatic heterocycles. The van der Waals surface area contributed by atoms with E-state index in [2.05, 4.69) is 5.32 Å². The average Bonchev–Trinajstić information content (AvgIpc) is 3.21. The Morgan fingerprint density at radius 3 is 2.61 bits per heavy atom. The van der Waals surface area contributed by atoms with Gasteiger partial charge in [0.25, 0.3) is 11.8 Å².